The Morgan fingerprint density at radius 3 is 2.35 bits per heavy atom. The van der Waals surface area contributed by atoms with Crippen molar-refractivity contribution in [3.8, 4) is 17.5 Å². The minimum absolute atomic E-state index is 0.128. The molecule has 1 N–H and O–H groups in total. The zero-order valence-electron chi connectivity index (χ0n) is 14.4. The van der Waals surface area contributed by atoms with Crippen molar-refractivity contribution < 1.29 is 9.90 Å². The van der Waals surface area contributed by atoms with Crippen LogP contribution >= 0.6 is 0 Å². The van der Waals surface area contributed by atoms with Gasteiger partial charge in [0.1, 0.15) is 17.4 Å². The summed E-state index contributed by atoms with van der Waals surface area (Å²) in [6, 6.07) is 15.0. The van der Waals surface area contributed by atoms with Crippen molar-refractivity contribution in [2.24, 2.45) is 0 Å². The molecule has 0 atom stereocenters. The van der Waals surface area contributed by atoms with Crippen molar-refractivity contribution in [3.05, 3.63) is 92.9 Å². The first-order valence-electron chi connectivity index (χ1n) is 7.99. The smallest absolute Gasteiger partial charge is 0.273 e. The number of rotatable bonds is 3. The molecule has 0 aliphatic heterocycles. The van der Waals surface area contributed by atoms with Crippen molar-refractivity contribution in [1.82, 2.24) is 4.57 Å². The number of phenolic OH excluding ortho intramolecular Hbond substituents is 1. The Bertz CT molecular complexity index is 1100. The zero-order chi connectivity index (χ0) is 18.8. The normalized spacial score (nSPS) is 10.3. The predicted molar refractivity (Wildman–Crippen MR) is 97.8 cm³/mol. The minimum Gasteiger partial charge on any atom is -0.507 e. The van der Waals surface area contributed by atoms with Crippen LogP contribution in [0.2, 0.25) is 0 Å². The first kappa shape index (κ1) is 17.2. The van der Waals surface area contributed by atoms with Crippen LogP contribution in [0, 0.1) is 25.2 Å². The number of nitriles is 1. The molecule has 0 amide bonds. The van der Waals surface area contributed by atoms with E-state index in [1.165, 1.54) is 22.9 Å². The first-order valence-corrected chi connectivity index (χ1v) is 7.99. The summed E-state index contributed by atoms with van der Waals surface area (Å²) in [5, 5.41) is 19.3. The zero-order valence-corrected chi connectivity index (χ0v) is 14.4. The number of aryl methyl sites for hydroxylation is 2. The van der Waals surface area contributed by atoms with Gasteiger partial charge in [-0.2, -0.15) is 5.26 Å². The summed E-state index contributed by atoms with van der Waals surface area (Å²) in [4.78, 5) is 25.3. The number of phenols is 1. The molecule has 0 radical (unpaired) electrons. The van der Waals surface area contributed by atoms with Crippen molar-refractivity contribution in [2.45, 2.75) is 13.8 Å². The maximum absolute atomic E-state index is 12.9. The number of carbonyl (C=O) groups is 1. The Balaban J connectivity index is 2.20. The van der Waals surface area contributed by atoms with Gasteiger partial charge >= 0.3 is 0 Å². The molecule has 26 heavy (non-hydrogen) atoms. The Morgan fingerprint density at radius 2 is 1.69 bits per heavy atom. The van der Waals surface area contributed by atoms with E-state index in [-0.39, 0.29) is 22.4 Å². The van der Waals surface area contributed by atoms with Crippen molar-refractivity contribution in [1.29, 1.82) is 5.26 Å². The van der Waals surface area contributed by atoms with Crippen LogP contribution < -0.4 is 5.56 Å². The highest BCUT2D eigenvalue weighted by Crippen LogP contribution is 2.22. The lowest BCUT2D eigenvalue weighted by molar-refractivity contribution is 0.103. The van der Waals surface area contributed by atoms with Crippen LogP contribution in [0.15, 0.2) is 59.5 Å². The van der Waals surface area contributed by atoms with Gasteiger partial charge in [-0.3, -0.25) is 14.2 Å². The summed E-state index contributed by atoms with van der Waals surface area (Å²) in [7, 11) is 0. The highest BCUT2D eigenvalue weighted by atomic mass is 16.3. The quantitative estimate of drug-likeness (QED) is 0.739. The number of benzene rings is 2. The minimum atomic E-state index is -0.499. The molecule has 1 aromatic heterocycles. The van der Waals surface area contributed by atoms with Crippen LogP contribution in [0.25, 0.3) is 5.69 Å². The number of hydrogen-bond donors (Lipinski definition) is 1. The van der Waals surface area contributed by atoms with Crippen molar-refractivity contribution >= 4 is 5.78 Å². The summed E-state index contributed by atoms with van der Waals surface area (Å²) >= 11 is 0. The van der Waals surface area contributed by atoms with Gasteiger partial charge in [0.25, 0.3) is 5.56 Å². The number of carbonyl (C=O) groups excluding carboxylic acids is 1. The maximum Gasteiger partial charge on any atom is 0.273 e. The van der Waals surface area contributed by atoms with Gasteiger partial charge in [0, 0.05) is 17.4 Å². The maximum atomic E-state index is 12.9. The molecule has 5 nitrogen and oxygen atoms in total. The standard InChI is InChI=1S/C21H16N2O3/c1-13-3-6-17(7-4-13)23-12-16(10-15(11-22)21(23)26)20(25)18-9-14(2)5-8-19(18)24/h3-10,12,24H,1-2H3. The van der Waals surface area contributed by atoms with Crippen LogP contribution in [-0.2, 0) is 0 Å². The highest BCUT2D eigenvalue weighted by Gasteiger charge is 2.18. The van der Waals surface area contributed by atoms with E-state index in [4.69, 9.17) is 0 Å². The molecular weight excluding hydrogens is 328 g/mol. The number of aromatic nitrogens is 1. The molecule has 0 bridgehead atoms. The van der Waals surface area contributed by atoms with E-state index in [1.54, 1.807) is 24.3 Å². The molecule has 1 heterocycles. The molecule has 0 spiro atoms. The van der Waals surface area contributed by atoms with E-state index in [1.807, 2.05) is 32.0 Å². The number of nitrogens with zero attached hydrogens (tertiary/aromatic N) is 2. The lowest BCUT2D eigenvalue weighted by atomic mass is 10.0. The third kappa shape index (κ3) is 3.13. The van der Waals surface area contributed by atoms with Gasteiger partial charge in [-0.25, -0.2) is 0 Å². The van der Waals surface area contributed by atoms with Gasteiger partial charge in [-0.15, -0.1) is 0 Å². The van der Waals surface area contributed by atoms with E-state index in [0.717, 1.165) is 11.1 Å². The Kier molecular flexibility index (Phi) is 4.42. The summed E-state index contributed by atoms with van der Waals surface area (Å²) in [5.41, 5.74) is 2.05. The third-order valence-electron chi connectivity index (χ3n) is 4.11. The van der Waals surface area contributed by atoms with E-state index in [2.05, 4.69) is 0 Å². The van der Waals surface area contributed by atoms with Crippen LogP contribution in [0.5, 0.6) is 5.75 Å². The lowest BCUT2D eigenvalue weighted by Gasteiger charge is -2.10. The molecule has 5 heteroatoms. The van der Waals surface area contributed by atoms with Gasteiger partial charge in [0.15, 0.2) is 5.78 Å². The van der Waals surface area contributed by atoms with Crippen LogP contribution in [0.4, 0.5) is 0 Å². The number of pyridine rings is 1. The van der Waals surface area contributed by atoms with E-state index in [9.17, 15) is 20.0 Å². The second kappa shape index (κ2) is 6.69. The molecular formula is C21H16N2O3. The Morgan fingerprint density at radius 1 is 1.04 bits per heavy atom. The van der Waals surface area contributed by atoms with Gasteiger partial charge < -0.3 is 5.11 Å². The summed E-state index contributed by atoms with van der Waals surface area (Å²) < 4.78 is 1.28. The first-order chi connectivity index (χ1) is 12.4. The second-order valence-electron chi connectivity index (χ2n) is 6.11. The van der Waals surface area contributed by atoms with Crippen LogP contribution in [-0.4, -0.2) is 15.5 Å². The molecule has 0 saturated carbocycles. The SMILES string of the molecule is Cc1ccc(-n2cc(C(=O)c3cc(C)ccc3O)cc(C#N)c2=O)cc1. The van der Waals surface area contributed by atoms with Gasteiger partial charge in [-0.1, -0.05) is 29.3 Å². The Hall–Kier alpha value is -3.65. The van der Waals surface area contributed by atoms with Gasteiger partial charge in [0.2, 0.25) is 0 Å². The number of hydrogen-bond acceptors (Lipinski definition) is 4. The molecule has 3 aromatic rings. The monoisotopic (exact) mass is 344 g/mol. The molecule has 128 valence electrons. The van der Waals surface area contributed by atoms with Gasteiger partial charge in [-0.05, 0) is 44.2 Å². The van der Waals surface area contributed by atoms with Crippen LogP contribution in [0.3, 0.4) is 0 Å². The summed E-state index contributed by atoms with van der Waals surface area (Å²) in [6.07, 6.45) is 1.40. The third-order valence-corrected chi connectivity index (χ3v) is 4.11. The van der Waals surface area contributed by atoms with E-state index < -0.39 is 11.3 Å². The van der Waals surface area contributed by atoms with Crippen molar-refractivity contribution in [2.75, 3.05) is 0 Å². The number of ketones is 1. The highest BCUT2D eigenvalue weighted by molar-refractivity contribution is 6.10. The van der Waals surface area contributed by atoms with Crippen LogP contribution in [0.1, 0.15) is 32.6 Å². The molecule has 0 aliphatic rings. The Labute approximate surface area is 150 Å². The largest absolute Gasteiger partial charge is 0.507 e. The van der Waals surface area contributed by atoms with Gasteiger partial charge in [0.05, 0.1) is 5.56 Å². The fraction of sp³-hybridized carbons (Fsp3) is 0.0952. The average Bonchev–Trinajstić information content (AvgIpc) is 2.64. The van der Waals surface area contributed by atoms with E-state index in [0.29, 0.717) is 5.69 Å². The summed E-state index contributed by atoms with van der Waals surface area (Å²) in [5.74, 6) is -0.601. The molecule has 0 unspecified atom stereocenters. The average molecular weight is 344 g/mol. The fourth-order valence-electron chi connectivity index (χ4n) is 2.67. The molecule has 2 aromatic carbocycles. The fourth-order valence-corrected chi connectivity index (χ4v) is 2.67. The van der Waals surface area contributed by atoms with Crippen molar-refractivity contribution in [3.63, 3.8) is 0 Å². The van der Waals surface area contributed by atoms with E-state index >= 15 is 0 Å². The predicted octanol–water partition coefficient (Wildman–Crippen LogP) is 3.26. The number of aromatic hydroxyl groups is 1. The topological polar surface area (TPSA) is 83.1 Å². The summed E-state index contributed by atoms with van der Waals surface area (Å²) in [6.45, 7) is 3.73. The molecule has 0 saturated heterocycles. The molecule has 0 aliphatic carbocycles. The molecule has 3 rings (SSSR count). The molecule has 0 fully saturated rings. The second-order valence-corrected chi connectivity index (χ2v) is 6.11. The lowest BCUT2D eigenvalue weighted by Crippen LogP contribution is -2.22.